The van der Waals surface area contributed by atoms with Crippen LogP contribution in [-0.2, 0) is 11.2 Å². The third-order valence-corrected chi connectivity index (χ3v) is 7.60. The minimum atomic E-state index is -0.152. The molecule has 3 rings (SSSR count). The van der Waals surface area contributed by atoms with E-state index in [1.54, 1.807) is 6.20 Å². The van der Waals surface area contributed by atoms with Gasteiger partial charge in [0.25, 0.3) is 0 Å². The summed E-state index contributed by atoms with van der Waals surface area (Å²) in [5, 5.41) is 0. The first kappa shape index (κ1) is 22.3. The van der Waals surface area contributed by atoms with Crippen LogP contribution in [0.15, 0.2) is 18.3 Å². The molecule has 3 nitrogen and oxygen atoms in total. The van der Waals surface area contributed by atoms with Gasteiger partial charge >= 0.3 is 5.97 Å². The Hall–Kier alpha value is -1.38. The first-order valence-corrected chi connectivity index (χ1v) is 12.3. The van der Waals surface area contributed by atoms with Crippen molar-refractivity contribution < 1.29 is 9.53 Å². The highest BCUT2D eigenvalue weighted by Gasteiger charge is 2.30. The van der Waals surface area contributed by atoms with E-state index < -0.39 is 0 Å². The molecule has 1 aromatic rings. The van der Waals surface area contributed by atoms with Gasteiger partial charge in [-0.25, -0.2) is 0 Å². The van der Waals surface area contributed by atoms with Gasteiger partial charge in [0.1, 0.15) is 5.75 Å². The largest absolute Gasteiger partial charge is 0.425 e. The number of aryl methyl sites for hydroxylation is 1. The summed E-state index contributed by atoms with van der Waals surface area (Å²) in [6.45, 7) is 4.44. The molecular formula is C26H41NO2. The molecule has 2 saturated carbocycles. The summed E-state index contributed by atoms with van der Waals surface area (Å²) >= 11 is 0. The molecule has 162 valence electrons. The van der Waals surface area contributed by atoms with Crippen LogP contribution in [0.1, 0.15) is 103 Å². The van der Waals surface area contributed by atoms with E-state index in [9.17, 15) is 4.79 Å². The number of unbranched alkanes of at least 4 members (excludes halogenated alkanes) is 1. The van der Waals surface area contributed by atoms with Gasteiger partial charge < -0.3 is 4.74 Å². The minimum absolute atomic E-state index is 0.152. The number of pyridine rings is 1. The Balaban J connectivity index is 1.34. The summed E-state index contributed by atoms with van der Waals surface area (Å²) in [4.78, 5) is 16.2. The highest BCUT2D eigenvalue weighted by Crippen LogP contribution is 2.42. The van der Waals surface area contributed by atoms with Crippen molar-refractivity contribution in [3.8, 4) is 5.75 Å². The molecule has 0 radical (unpaired) electrons. The van der Waals surface area contributed by atoms with Crippen molar-refractivity contribution in [3.63, 3.8) is 0 Å². The lowest BCUT2D eigenvalue weighted by atomic mass is 9.68. The number of esters is 1. The fourth-order valence-corrected chi connectivity index (χ4v) is 5.49. The van der Waals surface area contributed by atoms with Crippen LogP contribution in [0.2, 0.25) is 0 Å². The Labute approximate surface area is 178 Å². The maximum Gasteiger partial charge on any atom is 0.311 e. The smallest absolute Gasteiger partial charge is 0.311 e. The van der Waals surface area contributed by atoms with Crippen LogP contribution in [0.5, 0.6) is 5.75 Å². The Morgan fingerprint density at radius 3 is 2.17 bits per heavy atom. The zero-order valence-corrected chi connectivity index (χ0v) is 18.7. The van der Waals surface area contributed by atoms with Crippen LogP contribution < -0.4 is 4.74 Å². The molecule has 0 aromatic carbocycles. The summed E-state index contributed by atoms with van der Waals surface area (Å²) in [5.41, 5.74) is 1.12. The standard InChI is InChI=1S/C26H41NO2/c1-3-5-6-26(28)29-25-18-17-24(27-19-25)16-11-21-9-14-23(15-10-21)22-12-7-20(4-2)8-13-22/h17-23H,3-16H2,1-2H3/t20-,21?,22-,23?. The second-order valence-corrected chi connectivity index (χ2v) is 9.57. The third kappa shape index (κ3) is 7.12. The van der Waals surface area contributed by atoms with E-state index in [1.807, 2.05) is 12.1 Å². The number of aromatic nitrogens is 1. The number of rotatable bonds is 9. The van der Waals surface area contributed by atoms with Gasteiger partial charge in [0.2, 0.25) is 0 Å². The first-order valence-electron chi connectivity index (χ1n) is 12.3. The van der Waals surface area contributed by atoms with Crippen LogP contribution >= 0.6 is 0 Å². The van der Waals surface area contributed by atoms with Gasteiger partial charge in [-0.15, -0.1) is 0 Å². The monoisotopic (exact) mass is 399 g/mol. The topological polar surface area (TPSA) is 39.2 Å². The van der Waals surface area contributed by atoms with Crippen LogP contribution in [-0.4, -0.2) is 11.0 Å². The lowest BCUT2D eigenvalue weighted by Gasteiger charge is -2.37. The van der Waals surface area contributed by atoms with Gasteiger partial charge in [-0.3, -0.25) is 9.78 Å². The molecule has 1 aromatic heterocycles. The number of carbonyl (C=O) groups is 1. The molecule has 0 atom stereocenters. The second-order valence-electron chi connectivity index (χ2n) is 9.57. The van der Waals surface area contributed by atoms with Crippen molar-refractivity contribution in [1.29, 1.82) is 0 Å². The van der Waals surface area contributed by atoms with Gasteiger partial charge in [-0.2, -0.15) is 0 Å². The molecule has 0 amide bonds. The predicted molar refractivity (Wildman–Crippen MR) is 119 cm³/mol. The predicted octanol–water partition coefficient (Wildman–Crippen LogP) is 7.13. The van der Waals surface area contributed by atoms with E-state index in [0.29, 0.717) is 12.2 Å². The Bertz CT molecular complexity index is 596. The molecule has 29 heavy (non-hydrogen) atoms. The molecule has 0 N–H and O–H groups in total. The van der Waals surface area contributed by atoms with E-state index in [1.165, 1.54) is 64.2 Å². The second kappa shape index (κ2) is 11.7. The molecule has 2 aliphatic rings. The molecule has 2 fully saturated rings. The first-order chi connectivity index (χ1) is 14.2. The maximum atomic E-state index is 11.7. The van der Waals surface area contributed by atoms with Gasteiger partial charge in [0, 0.05) is 12.1 Å². The van der Waals surface area contributed by atoms with Crippen molar-refractivity contribution in [2.75, 3.05) is 0 Å². The zero-order chi connectivity index (χ0) is 20.5. The average Bonchev–Trinajstić information content (AvgIpc) is 2.77. The van der Waals surface area contributed by atoms with E-state index in [2.05, 4.69) is 18.8 Å². The van der Waals surface area contributed by atoms with Gasteiger partial charge in [-0.05, 0) is 80.8 Å². The maximum absolute atomic E-state index is 11.7. The van der Waals surface area contributed by atoms with Crippen LogP contribution in [0.25, 0.3) is 0 Å². The van der Waals surface area contributed by atoms with Crippen molar-refractivity contribution in [2.24, 2.45) is 23.7 Å². The number of hydrogen-bond donors (Lipinski definition) is 0. The lowest BCUT2D eigenvalue weighted by Crippen LogP contribution is -2.25. The van der Waals surface area contributed by atoms with Crippen molar-refractivity contribution in [3.05, 3.63) is 24.0 Å². The number of hydrogen-bond acceptors (Lipinski definition) is 3. The van der Waals surface area contributed by atoms with E-state index in [4.69, 9.17) is 4.74 Å². The van der Waals surface area contributed by atoms with Crippen molar-refractivity contribution in [1.82, 2.24) is 4.98 Å². The summed E-state index contributed by atoms with van der Waals surface area (Å²) in [5.74, 6) is 4.33. The fraction of sp³-hybridized carbons (Fsp3) is 0.769. The SMILES string of the molecule is CCCCC(=O)Oc1ccc(CCC2CCC([C@H]3CC[C@H](CC)CC3)CC2)nc1. The molecule has 0 spiro atoms. The number of ether oxygens (including phenoxy) is 1. The number of carbonyl (C=O) groups excluding carboxylic acids is 1. The highest BCUT2D eigenvalue weighted by molar-refractivity contribution is 5.72. The normalized spacial score (nSPS) is 27.5. The molecule has 1 heterocycles. The van der Waals surface area contributed by atoms with Crippen LogP contribution in [0.4, 0.5) is 0 Å². The highest BCUT2D eigenvalue weighted by atomic mass is 16.5. The Kier molecular flexibility index (Phi) is 9.01. The van der Waals surface area contributed by atoms with Crippen LogP contribution in [0, 0.1) is 23.7 Å². The van der Waals surface area contributed by atoms with Gasteiger partial charge in [0.05, 0.1) is 6.20 Å². The molecule has 0 aliphatic heterocycles. The molecule has 0 bridgehead atoms. The summed E-state index contributed by atoms with van der Waals surface area (Å²) in [6.07, 6.45) is 19.4. The van der Waals surface area contributed by atoms with E-state index in [-0.39, 0.29) is 5.97 Å². The zero-order valence-electron chi connectivity index (χ0n) is 18.7. The molecule has 2 aliphatic carbocycles. The van der Waals surface area contributed by atoms with E-state index in [0.717, 1.165) is 48.6 Å². The Morgan fingerprint density at radius 1 is 0.966 bits per heavy atom. The fourth-order valence-electron chi connectivity index (χ4n) is 5.49. The van der Waals surface area contributed by atoms with Crippen LogP contribution in [0.3, 0.4) is 0 Å². The van der Waals surface area contributed by atoms with Crippen molar-refractivity contribution >= 4 is 5.97 Å². The van der Waals surface area contributed by atoms with E-state index >= 15 is 0 Å². The molecule has 0 saturated heterocycles. The molecular weight excluding hydrogens is 358 g/mol. The lowest BCUT2D eigenvalue weighted by molar-refractivity contribution is -0.134. The average molecular weight is 400 g/mol. The van der Waals surface area contributed by atoms with Gasteiger partial charge in [0.15, 0.2) is 0 Å². The quantitative estimate of drug-likeness (QED) is 0.414. The molecule has 0 unspecified atom stereocenters. The summed E-state index contributed by atoms with van der Waals surface area (Å²) < 4.78 is 5.35. The molecule has 3 heteroatoms. The van der Waals surface area contributed by atoms with Crippen molar-refractivity contribution in [2.45, 2.75) is 104 Å². The summed E-state index contributed by atoms with van der Waals surface area (Å²) in [6, 6.07) is 3.93. The number of nitrogens with zero attached hydrogens (tertiary/aromatic N) is 1. The summed E-state index contributed by atoms with van der Waals surface area (Å²) in [7, 11) is 0. The minimum Gasteiger partial charge on any atom is -0.425 e. The van der Waals surface area contributed by atoms with Gasteiger partial charge in [-0.1, -0.05) is 52.4 Å². The third-order valence-electron chi connectivity index (χ3n) is 7.60. The Morgan fingerprint density at radius 2 is 1.62 bits per heavy atom.